The van der Waals surface area contributed by atoms with Crippen molar-refractivity contribution in [3.63, 3.8) is 0 Å². The average molecular weight is 467 g/mol. The molecule has 1 heterocycles. The Morgan fingerprint density at radius 1 is 0.829 bits per heavy atom. The number of anilines is 1. The molecule has 1 amide bonds. The number of fused-ring (bicyclic) bond motifs is 2. The summed E-state index contributed by atoms with van der Waals surface area (Å²) >= 11 is 0. The molecule has 1 aliphatic carbocycles. The van der Waals surface area contributed by atoms with Crippen LogP contribution in [0.15, 0.2) is 72.8 Å². The number of nitrogens with zero attached hydrogens (tertiary/aromatic N) is 4. The van der Waals surface area contributed by atoms with E-state index in [4.69, 9.17) is 4.74 Å². The molecular formula is C25H17N5O5. The van der Waals surface area contributed by atoms with Crippen molar-refractivity contribution >= 4 is 29.1 Å². The summed E-state index contributed by atoms with van der Waals surface area (Å²) in [4.78, 5) is 50.9. The van der Waals surface area contributed by atoms with Crippen LogP contribution in [0, 0.1) is 0 Å². The van der Waals surface area contributed by atoms with Crippen molar-refractivity contribution in [1.82, 2.24) is 20.2 Å². The lowest BCUT2D eigenvalue weighted by Crippen LogP contribution is -2.24. The number of carbonyl (C=O) groups excluding carboxylic acids is 4. The second-order valence-corrected chi connectivity index (χ2v) is 7.68. The van der Waals surface area contributed by atoms with E-state index in [9.17, 15) is 19.2 Å². The molecular weight excluding hydrogens is 450 g/mol. The minimum absolute atomic E-state index is 0.204. The zero-order valence-electron chi connectivity index (χ0n) is 18.2. The molecule has 3 aromatic carbocycles. The van der Waals surface area contributed by atoms with Crippen molar-refractivity contribution in [2.45, 2.75) is 6.54 Å². The van der Waals surface area contributed by atoms with Gasteiger partial charge in [-0.3, -0.25) is 14.4 Å². The zero-order chi connectivity index (χ0) is 24.4. The molecule has 5 rings (SSSR count). The summed E-state index contributed by atoms with van der Waals surface area (Å²) in [6.45, 7) is -0.867. The van der Waals surface area contributed by atoms with Crippen LogP contribution < -0.4 is 5.32 Å². The molecule has 0 radical (unpaired) electrons. The molecule has 10 heteroatoms. The molecule has 0 spiro atoms. The van der Waals surface area contributed by atoms with E-state index in [0.717, 1.165) is 10.4 Å². The number of carbonyl (C=O) groups is 4. The first kappa shape index (κ1) is 21.8. The van der Waals surface area contributed by atoms with Crippen LogP contribution in [0.2, 0.25) is 0 Å². The molecule has 1 N–H and O–H groups in total. The van der Waals surface area contributed by atoms with Crippen LogP contribution in [-0.2, 0) is 20.9 Å². The molecule has 0 saturated heterocycles. The first-order valence-electron chi connectivity index (χ1n) is 10.6. The summed E-state index contributed by atoms with van der Waals surface area (Å²) in [5, 5.41) is 14.4. The van der Waals surface area contributed by atoms with Crippen LogP contribution in [0.1, 0.15) is 31.8 Å². The number of ether oxygens (including phenoxy) is 1. The van der Waals surface area contributed by atoms with E-state index < -0.39 is 18.5 Å². The largest absolute Gasteiger partial charge is 0.454 e. The van der Waals surface area contributed by atoms with Gasteiger partial charge in [0.25, 0.3) is 5.91 Å². The number of esters is 1. The van der Waals surface area contributed by atoms with Crippen LogP contribution in [0.5, 0.6) is 0 Å². The molecule has 35 heavy (non-hydrogen) atoms. The maximum Gasteiger partial charge on any atom is 0.330 e. The van der Waals surface area contributed by atoms with Gasteiger partial charge in [0.15, 0.2) is 24.7 Å². The van der Waals surface area contributed by atoms with E-state index in [-0.39, 0.29) is 29.2 Å². The van der Waals surface area contributed by atoms with Gasteiger partial charge in [-0.15, -0.1) is 10.2 Å². The summed E-state index contributed by atoms with van der Waals surface area (Å²) in [5.41, 5.74) is 2.20. The van der Waals surface area contributed by atoms with Crippen LogP contribution in [-0.4, -0.2) is 50.3 Å². The Morgan fingerprint density at radius 2 is 1.49 bits per heavy atom. The number of hydrogen-bond acceptors (Lipinski definition) is 8. The van der Waals surface area contributed by atoms with Gasteiger partial charge in [0, 0.05) is 33.5 Å². The number of aromatic nitrogens is 4. The first-order valence-corrected chi connectivity index (χ1v) is 10.6. The van der Waals surface area contributed by atoms with E-state index in [0.29, 0.717) is 22.6 Å². The molecule has 0 fully saturated rings. The third kappa shape index (κ3) is 4.44. The van der Waals surface area contributed by atoms with Gasteiger partial charge in [0.1, 0.15) is 0 Å². The molecule has 172 valence electrons. The zero-order valence-corrected chi connectivity index (χ0v) is 18.2. The van der Waals surface area contributed by atoms with Gasteiger partial charge in [0.2, 0.25) is 5.82 Å². The van der Waals surface area contributed by atoms with Gasteiger partial charge in [-0.05, 0) is 23.4 Å². The second-order valence-electron chi connectivity index (χ2n) is 7.68. The van der Waals surface area contributed by atoms with Gasteiger partial charge in [-0.25, -0.2) is 4.79 Å². The quantitative estimate of drug-likeness (QED) is 0.376. The maximum atomic E-state index is 12.8. The lowest BCUT2D eigenvalue weighted by molar-refractivity contribution is -0.148. The third-order valence-corrected chi connectivity index (χ3v) is 5.33. The number of amides is 1. The summed E-state index contributed by atoms with van der Waals surface area (Å²) in [7, 11) is 0. The predicted molar refractivity (Wildman–Crippen MR) is 123 cm³/mol. The average Bonchev–Trinajstić information content (AvgIpc) is 3.35. The maximum absolute atomic E-state index is 12.8. The van der Waals surface area contributed by atoms with Gasteiger partial charge in [-0.2, -0.15) is 4.80 Å². The monoisotopic (exact) mass is 467 g/mol. The summed E-state index contributed by atoms with van der Waals surface area (Å²) in [5.74, 6) is -1.52. The number of benzene rings is 3. The normalized spacial score (nSPS) is 12.0. The fourth-order valence-corrected chi connectivity index (χ4v) is 3.69. The van der Waals surface area contributed by atoms with Crippen molar-refractivity contribution in [1.29, 1.82) is 0 Å². The highest BCUT2D eigenvalue weighted by molar-refractivity contribution is 6.28. The summed E-state index contributed by atoms with van der Waals surface area (Å²) in [6.07, 6.45) is 0. The fraction of sp³-hybridized carbons (Fsp3) is 0.0800. The minimum atomic E-state index is -0.722. The van der Waals surface area contributed by atoms with E-state index in [1.807, 2.05) is 30.3 Å². The molecule has 1 aliphatic rings. The number of hydrogen-bond donors (Lipinski definition) is 1. The summed E-state index contributed by atoms with van der Waals surface area (Å²) < 4.78 is 4.99. The molecule has 1 aromatic heterocycles. The Balaban J connectivity index is 1.18. The van der Waals surface area contributed by atoms with E-state index >= 15 is 0 Å². The van der Waals surface area contributed by atoms with Gasteiger partial charge in [0.05, 0.1) is 0 Å². The Bertz CT molecular complexity index is 1480. The van der Waals surface area contributed by atoms with E-state index in [2.05, 4.69) is 20.7 Å². The van der Waals surface area contributed by atoms with Crippen LogP contribution >= 0.6 is 0 Å². The van der Waals surface area contributed by atoms with Gasteiger partial charge in [-0.1, -0.05) is 54.6 Å². The highest BCUT2D eigenvalue weighted by Gasteiger charge is 2.29. The molecule has 4 aromatic rings. The SMILES string of the molecule is O=C(COC(=O)Cn1nnc(-c2ccccc2)n1)Nc1ccc2c(c1)C(=O)c1ccccc1C2=O. The van der Waals surface area contributed by atoms with Crippen molar-refractivity contribution in [2.75, 3.05) is 11.9 Å². The molecule has 0 atom stereocenters. The third-order valence-electron chi connectivity index (χ3n) is 5.33. The smallest absolute Gasteiger partial charge is 0.330 e. The van der Waals surface area contributed by atoms with E-state index in [1.54, 1.807) is 24.3 Å². The van der Waals surface area contributed by atoms with E-state index in [1.165, 1.54) is 18.2 Å². The lowest BCUT2D eigenvalue weighted by Gasteiger charge is -2.18. The Morgan fingerprint density at radius 3 is 2.23 bits per heavy atom. The molecule has 0 bridgehead atoms. The Labute approximate surface area is 198 Å². The van der Waals surface area contributed by atoms with Crippen molar-refractivity contribution < 1.29 is 23.9 Å². The predicted octanol–water partition coefficient (Wildman–Crippen LogP) is 2.30. The highest BCUT2D eigenvalue weighted by Crippen LogP contribution is 2.29. The minimum Gasteiger partial charge on any atom is -0.454 e. The topological polar surface area (TPSA) is 133 Å². The number of nitrogens with one attached hydrogen (secondary N) is 1. The van der Waals surface area contributed by atoms with Crippen molar-refractivity contribution in [2.24, 2.45) is 0 Å². The molecule has 0 saturated carbocycles. The number of tetrazole rings is 1. The van der Waals surface area contributed by atoms with Crippen LogP contribution in [0.4, 0.5) is 5.69 Å². The Hall–Kier alpha value is -4.99. The van der Waals surface area contributed by atoms with Crippen molar-refractivity contribution in [3.05, 3.63) is 95.1 Å². The lowest BCUT2D eigenvalue weighted by atomic mass is 9.84. The molecule has 0 aliphatic heterocycles. The highest BCUT2D eigenvalue weighted by atomic mass is 16.5. The first-order chi connectivity index (χ1) is 17.0. The summed E-state index contributed by atoms with van der Waals surface area (Å²) in [6, 6.07) is 20.2. The standard InChI is InChI=1S/C25H17N5O5/c31-21(14-35-22(32)13-30-28-25(27-29-30)15-6-2-1-3-7-15)26-16-10-11-19-20(12-16)24(34)18-9-5-4-8-17(18)23(19)33/h1-12H,13-14H2,(H,26,31). The van der Waals surface area contributed by atoms with Gasteiger partial charge < -0.3 is 10.1 Å². The van der Waals surface area contributed by atoms with Gasteiger partial charge >= 0.3 is 5.97 Å². The number of ketones is 2. The Kier molecular flexibility index (Phi) is 5.68. The molecule has 10 nitrogen and oxygen atoms in total. The second kappa shape index (κ2) is 9.10. The van der Waals surface area contributed by atoms with Crippen LogP contribution in [0.3, 0.4) is 0 Å². The van der Waals surface area contributed by atoms with Crippen LogP contribution in [0.25, 0.3) is 11.4 Å². The van der Waals surface area contributed by atoms with Crippen molar-refractivity contribution in [3.8, 4) is 11.4 Å². The number of rotatable bonds is 6. The fourth-order valence-electron chi connectivity index (χ4n) is 3.69. The molecule has 0 unspecified atom stereocenters.